The monoisotopic (exact) mass is 369 g/mol. The molecule has 2 rings (SSSR count). The standard InChI is InChI=1S/C22H31N3O2/c1-5-27-21-11-10-15(2)12-19(21)17(4)25-22(26)18(13-23)14-24-20-9-7-6-8-16(20)3/h10-12,14,16-17,20,24H,5-9H2,1-4H3,(H,25,26)/b18-14-. The molecule has 1 amide bonds. The second-order valence-corrected chi connectivity index (χ2v) is 7.37. The minimum atomic E-state index is -0.370. The van der Waals surface area contributed by atoms with Crippen LogP contribution in [0.1, 0.15) is 63.6 Å². The zero-order valence-corrected chi connectivity index (χ0v) is 16.8. The van der Waals surface area contributed by atoms with Crippen LogP contribution in [0, 0.1) is 24.2 Å². The minimum Gasteiger partial charge on any atom is -0.494 e. The maximum absolute atomic E-state index is 12.6. The zero-order valence-electron chi connectivity index (χ0n) is 16.8. The second-order valence-electron chi connectivity index (χ2n) is 7.37. The molecule has 27 heavy (non-hydrogen) atoms. The van der Waals surface area contributed by atoms with Gasteiger partial charge in [-0.15, -0.1) is 0 Å². The predicted octanol–water partition coefficient (Wildman–Crippen LogP) is 4.15. The van der Waals surface area contributed by atoms with Crippen LogP contribution < -0.4 is 15.4 Å². The summed E-state index contributed by atoms with van der Waals surface area (Å²) in [6.07, 6.45) is 6.28. The van der Waals surface area contributed by atoms with E-state index in [1.165, 1.54) is 19.3 Å². The molecule has 1 aromatic carbocycles. The number of ether oxygens (including phenoxy) is 1. The molecular weight excluding hydrogens is 338 g/mol. The van der Waals surface area contributed by atoms with Crippen LogP contribution in [-0.2, 0) is 4.79 Å². The highest BCUT2D eigenvalue weighted by atomic mass is 16.5. The number of carbonyl (C=O) groups is 1. The van der Waals surface area contributed by atoms with E-state index in [1.54, 1.807) is 6.20 Å². The van der Waals surface area contributed by atoms with Gasteiger partial charge < -0.3 is 15.4 Å². The SMILES string of the molecule is CCOc1ccc(C)cc1C(C)NC(=O)/C(C#N)=C\NC1CCCCC1C. The third-order valence-corrected chi connectivity index (χ3v) is 5.20. The van der Waals surface area contributed by atoms with Crippen molar-refractivity contribution < 1.29 is 9.53 Å². The maximum atomic E-state index is 12.6. The molecular formula is C22H31N3O2. The number of carbonyl (C=O) groups excluding carboxylic acids is 1. The molecule has 0 aliphatic heterocycles. The van der Waals surface area contributed by atoms with Crippen molar-refractivity contribution in [2.75, 3.05) is 6.61 Å². The van der Waals surface area contributed by atoms with Crippen molar-refractivity contribution >= 4 is 5.91 Å². The van der Waals surface area contributed by atoms with Gasteiger partial charge in [0.1, 0.15) is 17.4 Å². The summed E-state index contributed by atoms with van der Waals surface area (Å²) in [4.78, 5) is 12.6. The molecule has 5 heteroatoms. The molecule has 3 unspecified atom stereocenters. The smallest absolute Gasteiger partial charge is 0.263 e. The Bertz CT molecular complexity index is 721. The van der Waals surface area contributed by atoms with Gasteiger partial charge >= 0.3 is 0 Å². The number of hydrogen-bond donors (Lipinski definition) is 2. The van der Waals surface area contributed by atoms with Crippen molar-refractivity contribution in [3.63, 3.8) is 0 Å². The van der Waals surface area contributed by atoms with Crippen molar-refractivity contribution in [2.24, 2.45) is 5.92 Å². The Morgan fingerprint density at radius 3 is 2.81 bits per heavy atom. The average molecular weight is 370 g/mol. The molecule has 1 saturated carbocycles. The highest BCUT2D eigenvalue weighted by Gasteiger charge is 2.21. The van der Waals surface area contributed by atoms with Gasteiger partial charge in [0.15, 0.2) is 0 Å². The van der Waals surface area contributed by atoms with Crippen LogP contribution in [0.2, 0.25) is 0 Å². The van der Waals surface area contributed by atoms with E-state index in [0.29, 0.717) is 18.6 Å². The maximum Gasteiger partial charge on any atom is 0.263 e. The van der Waals surface area contributed by atoms with E-state index in [0.717, 1.165) is 23.3 Å². The molecule has 0 spiro atoms. The van der Waals surface area contributed by atoms with Crippen molar-refractivity contribution in [1.29, 1.82) is 5.26 Å². The Morgan fingerprint density at radius 2 is 2.15 bits per heavy atom. The van der Waals surface area contributed by atoms with E-state index in [1.807, 2.05) is 45.0 Å². The van der Waals surface area contributed by atoms with Gasteiger partial charge in [-0.05, 0) is 45.6 Å². The second kappa shape index (κ2) is 10.0. The van der Waals surface area contributed by atoms with E-state index in [-0.39, 0.29) is 17.5 Å². The zero-order chi connectivity index (χ0) is 19.8. The largest absolute Gasteiger partial charge is 0.494 e. The predicted molar refractivity (Wildman–Crippen MR) is 107 cm³/mol. The first-order chi connectivity index (χ1) is 13.0. The van der Waals surface area contributed by atoms with E-state index in [4.69, 9.17) is 4.74 Å². The fourth-order valence-corrected chi connectivity index (χ4v) is 3.55. The van der Waals surface area contributed by atoms with Crippen LogP contribution in [0.4, 0.5) is 0 Å². The Balaban J connectivity index is 2.06. The first kappa shape index (κ1) is 20.8. The third kappa shape index (κ3) is 5.75. The quantitative estimate of drug-likeness (QED) is 0.559. The molecule has 1 aliphatic carbocycles. The van der Waals surface area contributed by atoms with Crippen LogP contribution in [0.15, 0.2) is 30.0 Å². The lowest BCUT2D eigenvalue weighted by Gasteiger charge is -2.29. The van der Waals surface area contributed by atoms with Gasteiger partial charge in [0.25, 0.3) is 5.91 Å². The number of nitrogens with one attached hydrogen (secondary N) is 2. The van der Waals surface area contributed by atoms with Crippen LogP contribution in [0.25, 0.3) is 0 Å². The molecule has 0 radical (unpaired) electrons. The summed E-state index contributed by atoms with van der Waals surface area (Å²) < 4.78 is 5.68. The van der Waals surface area contributed by atoms with Gasteiger partial charge in [-0.2, -0.15) is 5.26 Å². The van der Waals surface area contributed by atoms with Crippen LogP contribution >= 0.6 is 0 Å². The van der Waals surface area contributed by atoms with Crippen LogP contribution in [0.5, 0.6) is 5.75 Å². The molecule has 0 bridgehead atoms. The van der Waals surface area contributed by atoms with Crippen molar-refractivity contribution in [1.82, 2.24) is 10.6 Å². The van der Waals surface area contributed by atoms with E-state index in [2.05, 4.69) is 17.6 Å². The van der Waals surface area contributed by atoms with Gasteiger partial charge in [-0.1, -0.05) is 37.5 Å². The Morgan fingerprint density at radius 1 is 1.41 bits per heavy atom. The molecule has 1 fully saturated rings. The first-order valence-corrected chi connectivity index (χ1v) is 9.86. The van der Waals surface area contributed by atoms with Crippen molar-refractivity contribution in [3.8, 4) is 11.8 Å². The van der Waals surface area contributed by atoms with Crippen LogP contribution in [-0.4, -0.2) is 18.6 Å². The third-order valence-electron chi connectivity index (χ3n) is 5.20. The van der Waals surface area contributed by atoms with Gasteiger partial charge in [0.05, 0.1) is 12.6 Å². The molecule has 0 aromatic heterocycles. The summed E-state index contributed by atoms with van der Waals surface area (Å²) >= 11 is 0. The summed E-state index contributed by atoms with van der Waals surface area (Å²) in [5.74, 6) is 0.940. The van der Waals surface area contributed by atoms with Gasteiger partial charge in [-0.3, -0.25) is 4.79 Å². The fourth-order valence-electron chi connectivity index (χ4n) is 3.55. The topological polar surface area (TPSA) is 74.1 Å². The molecule has 1 aliphatic rings. The van der Waals surface area contributed by atoms with Crippen molar-refractivity contribution in [2.45, 2.75) is 65.5 Å². The molecule has 2 N–H and O–H groups in total. The highest BCUT2D eigenvalue weighted by molar-refractivity contribution is 5.97. The molecule has 0 saturated heterocycles. The highest BCUT2D eigenvalue weighted by Crippen LogP contribution is 2.27. The fraction of sp³-hybridized carbons (Fsp3) is 0.545. The van der Waals surface area contributed by atoms with Crippen molar-refractivity contribution in [3.05, 3.63) is 41.1 Å². The lowest BCUT2D eigenvalue weighted by Crippen LogP contribution is -2.35. The number of amides is 1. The van der Waals surface area contributed by atoms with Gasteiger partial charge in [0, 0.05) is 17.8 Å². The summed E-state index contributed by atoms with van der Waals surface area (Å²) in [5, 5.41) is 15.6. The Labute approximate surface area is 162 Å². The number of aryl methyl sites for hydroxylation is 1. The van der Waals surface area contributed by atoms with E-state index >= 15 is 0 Å². The molecule has 146 valence electrons. The Hall–Kier alpha value is -2.48. The molecule has 3 atom stereocenters. The van der Waals surface area contributed by atoms with Crippen LogP contribution in [0.3, 0.4) is 0 Å². The summed E-state index contributed by atoms with van der Waals surface area (Å²) in [7, 11) is 0. The van der Waals surface area contributed by atoms with E-state index in [9.17, 15) is 10.1 Å². The Kier molecular flexibility index (Phi) is 7.72. The number of nitriles is 1. The first-order valence-electron chi connectivity index (χ1n) is 9.86. The molecule has 0 heterocycles. The molecule has 5 nitrogen and oxygen atoms in total. The number of benzene rings is 1. The normalized spacial score (nSPS) is 21.1. The number of hydrogen-bond acceptors (Lipinski definition) is 4. The average Bonchev–Trinajstić information content (AvgIpc) is 2.65. The summed E-state index contributed by atoms with van der Waals surface area (Å²) in [5.41, 5.74) is 2.11. The van der Waals surface area contributed by atoms with Gasteiger partial charge in [0.2, 0.25) is 0 Å². The lowest BCUT2D eigenvalue weighted by atomic mass is 9.86. The minimum absolute atomic E-state index is 0.102. The van der Waals surface area contributed by atoms with E-state index < -0.39 is 0 Å². The lowest BCUT2D eigenvalue weighted by molar-refractivity contribution is -0.117. The molecule has 1 aromatic rings. The van der Waals surface area contributed by atoms with Gasteiger partial charge in [-0.25, -0.2) is 0 Å². The number of nitrogens with zero attached hydrogens (tertiary/aromatic N) is 1. The summed E-state index contributed by atoms with van der Waals surface area (Å²) in [6.45, 7) is 8.61. The summed E-state index contributed by atoms with van der Waals surface area (Å²) in [6, 6.07) is 8.00. The number of rotatable bonds is 7.